The van der Waals surface area contributed by atoms with Crippen molar-refractivity contribution in [2.24, 2.45) is 0 Å². The number of aromatic nitrogens is 2. The molecular formula is C31H33ClN6O2. The number of carbonyl (C=O) groups is 1. The van der Waals surface area contributed by atoms with Gasteiger partial charge in [0.25, 0.3) is 0 Å². The Morgan fingerprint density at radius 1 is 1.15 bits per heavy atom. The molecule has 3 aromatic carbocycles. The number of benzene rings is 3. The smallest absolute Gasteiger partial charge is 0.247 e. The molecule has 1 aliphatic rings. The number of fused-ring (bicyclic) bond motifs is 1. The number of likely N-dealkylation sites (tertiary alicyclic amines) is 1. The second-order valence-electron chi connectivity index (χ2n) is 9.98. The lowest BCUT2D eigenvalue weighted by atomic mass is 10.0. The fourth-order valence-corrected chi connectivity index (χ4v) is 5.31. The predicted octanol–water partition coefficient (Wildman–Crippen LogP) is 6.36. The monoisotopic (exact) mass is 556 g/mol. The Kier molecular flexibility index (Phi) is 8.19. The zero-order chi connectivity index (χ0) is 28.2. The van der Waals surface area contributed by atoms with Crippen LogP contribution in [0.15, 0.2) is 73.4 Å². The molecule has 0 atom stereocenters. The Balaban J connectivity index is 1.53. The minimum Gasteiger partial charge on any atom is -0.494 e. The van der Waals surface area contributed by atoms with Crippen molar-refractivity contribution in [3.8, 4) is 16.9 Å². The molecule has 5 rings (SSSR count). The summed E-state index contributed by atoms with van der Waals surface area (Å²) in [5.41, 5.74) is 4.86. The predicted molar refractivity (Wildman–Crippen MR) is 164 cm³/mol. The largest absolute Gasteiger partial charge is 0.494 e. The number of piperidine rings is 1. The van der Waals surface area contributed by atoms with Crippen LogP contribution in [0.1, 0.15) is 12.8 Å². The van der Waals surface area contributed by atoms with Gasteiger partial charge >= 0.3 is 0 Å². The topological polar surface area (TPSA) is 82.6 Å². The maximum absolute atomic E-state index is 12.4. The fraction of sp³-hybridized carbons (Fsp3) is 0.258. The van der Waals surface area contributed by atoms with Gasteiger partial charge in [-0.2, -0.15) is 0 Å². The van der Waals surface area contributed by atoms with E-state index in [2.05, 4.69) is 46.1 Å². The molecule has 0 radical (unpaired) electrons. The van der Waals surface area contributed by atoms with E-state index in [1.54, 1.807) is 13.3 Å². The maximum Gasteiger partial charge on any atom is 0.247 e. The Morgan fingerprint density at radius 2 is 1.93 bits per heavy atom. The molecule has 1 aromatic heterocycles. The molecule has 9 heteroatoms. The van der Waals surface area contributed by atoms with Crippen LogP contribution in [0.2, 0.25) is 5.02 Å². The molecule has 0 bridgehead atoms. The summed E-state index contributed by atoms with van der Waals surface area (Å²) in [5.74, 6) is 0.721. The van der Waals surface area contributed by atoms with Crippen LogP contribution in [0.3, 0.4) is 0 Å². The first-order valence-corrected chi connectivity index (χ1v) is 13.6. The second kappa shape index (κ2) is 11.9. The number of rotatable bonds is 8. The van der Waals surface area contributed by atoms with Crippen molar-refractivity contribution < 1.29 is 9.53 Å². The SMILES string of the molecule is C=CC(=O)Nc1cc(Nc2ncc3cccc(-c4cccc(Cl)c4)c3n2)c(OC)cc1N(C)C1CCN(C)CC1. The maximum atomic E-state index is 12.4. The van der Waals surface area contributed by atoms with E-state index in [-0.39, 0.29) is 5.91 Å². The van der Waals surface area contributed by atoms with Gasteiger partial charge in [-0.15, -0.1) is 0 Å². The van der Waals surface area contributed by atoms with Crippen molar-refractivity contribution in [1.82, 2.24) is 14.9 Å². The number of amides is 1. The number of methoxy groups -OCH3 is 1. The molecule has 0 aliphatic carbocycles. The Labute approximate surface area is 239 Å². The lowest BCUT2D eigenvalue weighted by Gasteiger charge is -2.37. The first-order valence-electron chi connectivity index (χ1n) is 13.2. The van der Waals surface area contributed by atoms with Crippen molar-refractivity contribution in [2.45, 2.75) is 18.9 Å². The van der Waals surface area contributed by atoms with Crippen molar-refractivity contribution in [3.63, 3.8) is 0 Å². The average molecular weight is 557 g/mol. The number of hydrogen-bond acceptors (Lipinski definition) is 7. The molecule has 0 unspecified atom stereocenters. The molecule has 4 aromatic rings. The third kappa shape index (κ3) is 5.88. The number of para-hydroxylation sites is 1. The van der Waals surface area contributed by atoms with E-state index in [4.69, 9.17) is 21.3 Å². The summed E-state index contributed by atoms with van der Waals surface area (Å²) in [6, 6.07) is 17.8. The van der Waals surface area contributed by atoms with E-state index >= 15 is 0 Å². The van der Waals surface area contributed by atoms with Gasteiger partial charge in [-0.1, -0.05) is 48.5 Å². The van der Waals surface area contributed by atoms with Crippen LogP contribution < -0.4 is 20.3 Å². The van der Waals surface area contributed by atoms with Gasteiger partial charge in [-0.3, -0.25) is 4.79 Å². The highest BCUT2D eigenvalue weighted by atomic mass is 35.5. The number of nitrogens with zero attached hydrogens (tertiary/aromatic N) is 4. The molecule has 40 heavy (non-hydrogen) atoms. The van der Waals surface area contributed by atoms with Gasteiger partial charge in [0.1, 0.15) is 5.75 Å². The summed E-state index contributed by atoms with van der Waals surface area (Å²) in [5, 5.41) is 7.85. The summed E-state index contributed by atoms with van der Waals surface area (Å²) in [6.07, 6.45) is 5.11. The number of ether oxygens (including phenoxy) is 1. The van der Waals surface area contributed by atoms with Crippen LogP contribution in [-0.4, -0.2) is 61.1 Å². The van der Waals surface area contributed by atoms with Crippen LogP contribution in [0, 0.1) is 0 Å². The lowest BCUT2D eigenvalue weighted by molar-refractivity contribution is -0.111. The summed E-state index contributed by atoms with van der Waals surface area (Å²) in [6.45, 7) is 5.67. The number of hydrogen-bond donors (Lipinski definition) is 2. The van der Waals surface area contributed by atoms with Crippen molar-refractivity contribution in [1.29, 1.82) is 0 Å². The minimum atomic E-state index is -0.290. The van der Waals surface area contributed by atoms with E-state index in [9.17, 15) is 4.79 Å². The zero-order valence-corrected chi connectivity index (χ0v) is 23.7. The Bertz CT molecular complexity index is 1550. The van der Waals surface area contributed by atoms with Gasteiger partial charge in [-0.05, 0) is 62.8 Å². The van der Waals surface area contributed by atoms with E-state index in [0.717, 1.165) is 53.6 Å². The molecule has 1 fully saturated rings. The van der Waals surface area contributed by atoms with Crippen LogP contribution in [0.25, 0.3) is 22.0 Å². The molecule has 206 valence electrons. The first kappa shape index (κ1) is 27.4. The molecule has 1 aliphatic heterocycles. The second-order valence-corrected chi connectivity index (χ2v) is 10.4. The summed E-state index contributed by atoms with van der Waals surface area (Å²) < 4.78 is 5.79. The molecule has 2 heterocycles. The van der Waals surface area contributed by atoms with Crippen LogP contribution >= 0.6 is 11.6 Å². The number of nitrogens with one attached hydrogen (secondary N) is 2. The van der Waals surface area contributed by atoms with Crippen molar-refractivity contribution in [3.05, 3.63) is 78.5 Å². The first-order chi connectivity index (χ1) is 19.4. The Morgan fingerprint density at radius 3 is 2.65 bits per heavy atom. The van der Waals surface area contributed by atoms with Gasteiger partial charge in [0.15, 0.2) is 0 Å². The van der Waals surface area contributed by atoms with Gasteiger partial charge in [0.05, 0.1) is 29.7 Å². The van der Waals surface area contributed by atoms with Gasteiger partial charge in [-0.25, -0.2) is 9.97 Å². The highest BCUT2D eigenvalue weighted by molar-refractivity contribution is 6.30. The third-order valence-electron chi connectivity index (χ3n) is 7.37. The summed E-state index contributed by atoms with van der Waals surface area (Å²) in [7, 11) is 5.83. The van der Waals surface area contributed by atoms with Crippen LogP contribution in [-0.2, 0) is 4.79 Å². The van der Waals surface area contributed by atoms with Crippen LogP contribution in [0.5, 0.6) is 5.75 Å². The lowest BCUT2D eigenvalue weighted by Crippen LogP contribution is -2.42. The van der Waals surface area contributed by atoms with Crippen molar-refractivity contribution in [2.75, 3.05) is 49.8 Å². The normalized spacial score (nSPS) is 14.1. The highest BCUT2D eigenvalue weighted by Crippen LogP contribution is 2.40. The van der Waals surface area contributed by atoms with E-state index < -0.39 is 0 Å². The van der Waals surface area contributed by atoms with Gasteiger partial charge in [0, 0.05) is 41.3 Å². The molecule has 8 nitrogen and oxygen atoms in total. The fourth-order valence-electron chi connectivity index (χ4n) is 5.12. The zero-order valence-electron chi connectivity index (χ0n) is 22.9. The molecular weight excluding hydrogens is 524 g/mol. The molecule has 2 N–H and O–H groups in total. The van der Waals surface area contributed by atoms with Crippen molar-refractivity contribution >= 4 is 51.4 Å². The Hall–Kier alpha value is -4.14. The van der Waals surface area contributed by atoms with E-state index in [1.807, 2.05) is 54.6 Å². The molecule has 1 amide bonds. The summed E-state index contributed by atoms with van der Waals surface area (Å²) in [4.78, 5) is 26.4. The quantitative estimate of drug-likeness (QED) is 0.244. The number of halogens is 1. The number of anilines is 4. The minimum absolute atomic E-state index is 0.290. The van der Waals surface area contributed by atoms with E-state index in [1.165, 1.54) is 6.08 Å². The molecule has 1 saturated heterocycles. The highest BCUT2D eigenvalue weighted by Gasteiger charge is 2.24. The molecule has 0 spiro atoms. The standard InChI is InChI=1S/C31H33ClN6O2/c1-5-29(39)34-25-17-26(28(40-4)18-27(25)38(3)23-12-14-37(2)15-13-23)35-31-33-19-21-9-7-11-24(30(21)36-31)20-8-6-10-22(32)16-20/h5-11,16-19,23H,1,12-15H2,2-4H3,(H,34,39)(H,33,35,36). The van der Waals surface area contributed by atoms with Gasteiger partial charge in [0.2, 0.25) is 11.9 Å². The number of carbonyl (C=O) groups excluding carboxylic acids is 1. The average Bonchev–Trinajstić information content (AvgIpc) is 2.97. The van der Waals surface area contributed by atoms with Crippen LogP contribution in [0.4, 0.5) is 23.0 Å². The van der Waals surface area contributed by atoms with Gasteiger partial charge < -0.3 is 25.2 Å². The molecule has 0 saturated carbocycles. The summed E-state index contributed by atoms with van der Waals surface area (Å²) >= 11 is 6.27. The third-order valence-corrected chi connectivity index (χ3v) is 7.60. The van der Waals surface area contributed by atoms with E-state index in [0.29, 0.717) is 34.1 Å².